The number of hydrogen-bond acceptors (Lipinski definition) is 5. The number of rotatable bonds is 2. The zero-order chi connectivity index (χ0) is 15.9. The molecule has 24 heavy (non-hydrogen) atoms. The van der Waals surface area contributed by atoms with E-state index in [-0.39, 0.29) is 23.8 Å². The number of carbonyl (C=O) groups is 1. The molecule has 4 rings (SSSR count). The van der Waals surface area contributed by atoms with Crippen molar-refractivity contribution in [3.63, 3.8) is 0 Å². The Bertz CT molecular complexity index is 753. The molecular weight excluding hydrogens is 328 g/mol. The molecule has 0 aliphatic carbocycles. The molecule has 0 amide bonds. The van der Waals surface area contributed by atoms with Gasteiger partial charge in [-0.1, -0.05) is 0 Å². The number of benzene rings is 1. The fourth-order valence-corrected chi connectivity index (χ4v) is 3.38. The molecule has 1 saturated heterocycles. The fraction of sp³-hybridized carbons (Fsp3) is 0.412. The van der Waals surface area contributed by atoms with Crippen LogP contribution in [0.1, 0.15) is 29.6 Å². The van der Waals surface area contributed by atoms with Gasteiger partial charge in [0.25, 0.3) is 0 Å². The SMILES string of the molecule is Cl.Cn1nccc1Nc1ccc2c(c1)C(=O)CC1(CCNCC1)O2. The van der Waals surface area contributed by atoms with E-state index in [4.69, 9.17) is 4.74 Å². The standard InChI is InChI=1S/C17H20N4O2.ClH/c1-21-16(4-7-19-21)20-12-2-3-15-13(10-12)14(22)11-17(23-15)5-8-18-9-6-17;/h2-4,7,10,18,20H,5-6,8-9,11H2,1H3;1H. The highest BCUT2D eigenvalue weighted by Crippen LogP contribution is 2.39. The number of nitrogens with zero attached hydrogens (tertiary/aromatic N) is 2. The van der Waals surface area contributed by atoms with Gasteiger partial charge in [0.05, 0.1) is 18.2 Å². The Kier molecular flexibility index (Phi) is 4.51. The van der Waals surface area contributed by atoms with Crippen molar-refractivity contribution < 1.29 is 9.53 Å². The summed E-state index contributed by atoms with van der Waals surface area (Å²) in [5, 5.41) is 10.7. The van der Waals surface area contributed by atoms with Crippen LogP contribution in [0, 0.1) is 0 Å². The summed E-state index contributed by atoms with van der Waals surface area (Å²) in [5.41, 5.74) is 1.22. The molecule has 2 aliphatic heterocycles. The van der Waals surface area contributed by atoms with E-state index in [0.29, 0.717) is 17.7 Å². The van der Waals surface area contributed by atoms with Crippen LogP contribution < -0.4 is 15.4 Å². The van der Waals surface area contributed by atoms with Gasteiger partial charge in [-0.2, -0.15) is 5.10 Å². The topological polar surface area (TPSA) is 68.2 Å². The summed E-state index contributed by atoms with van der Waals surface area (Å²) >= 11 is 0. The molecule has 1 aromatic carbocycles. The van der Waals surface area contributed by atoms with Gasteiger partial charge in [-0.15, -0.1) is 12.4 Å². The van der Waals surface area contributed by atoms with Crippen molar-refractivity contribution in [2.45, 2.75) is 24.9 Å². The predicted molar refractivity (Wildman–Crippen MR) is 94.6 cm³/mol. The van der Waals surface area contributed by atoms with E-state index < -0.39 is 0 Å². The Morgan fingerprint density at radius 3 is 2.79 bits per heavy atom. The van der Waals surface area contributed by atoms with Gasteiger partial charge in [-0.25, -0.2) is 0 Å². The Morgan fingerprint density at radius 1 is 1.29 bits per heavy atom. The first-order valence-corrected chi connectivity index (χ1v) is 7.97. The number of aryl methyl sites for hydroxylation is 1. The Balaban J connectivity index is 0.00000169. The average molecular weight is 349 g/mol. The lowest BCUT2D eigenvalue weighted by Crippen LogP contribution is -2.49. The number of fused-ring (bicyclic) bond motifs is 1. The molecule has 128 valence electrons. The number of ether oxygens (including phenoxy) is 1. The normalized spacial score (nSPS) is 18.5. The highest BCUT2D eigenvalue weighted by molar-refractivity contribution is 6.01. The van der Waals surface area contributed by atoms with Crippen molar-refractivity contribution in [2.75, 3.05) is 18.4 Å². The highest BCUT2D eigenvalue weighted by Gasteiger charge is 2.41. The summed E-state index contributed by atoms with van der Waals surface area (Å²) in [6, 6.07) is 7.61. The van der Waals surface area contributed by atoms with Crippen molar-refractivity contribution in [2.24, 2.45) is 7.05 Å². The molecule has 0 saturated carbocycles. The van der Waals surface area contributed by atoms with Crippen LogP contribution in [0.25, 0.3) is 0 Å². The van der Waals surface area contributed by atoms with Crippen LogP contribution >= 0.6 is 12.4 Å². The van der Waals surface area contributed by atoms with Gasteiger partial charge < -0.3 is 15.4 Å². The number of Topliss-reactive ketones (excluding diaryl/α,β-unsaturated/α-hetero) is 1. The van der Waals surface area contributed by atoms with Crippen molar-refractivity contribution >= 4 is 29.7 Å². The van der Waals surface area contributed by atoms with Gasteiger partial charge in [-0.05, 0) is 31.3 Å². The van der Waals surface area contributed by atoms with Gasteiger partial charge in [0.1, 0.15) is 17.2 Å². The van der Waals surface area contributed by atoms with E-state index in [1.165, 1.54) is 0 Å². The Morgan fingerprint density at radius 2 is 2.08 bits per heavy atom. The third-order valence-corrected chi connectivity index (χ3v) is 4.70. The molecule has 1 aromatic heterocycles. The minimum Gasteiger partial charge on any atom is -0.486 e. The lowest BCUT2D eigenvalue weighted by atomic mass is 9.83. The Labute approximate surface area is 147 Å². The fourth-order valence-electron chi connectivity index (χ4n) is 3.38. The summed E-state index contributed by atoms with van der Waals surface area (Å²) in [6.07, 6.45) is 3.97. The molecule has 7 heteroatoms. The first-order valence-electron chi connectivity index (χ1n) is 7.97. The number of ketones is 1. The molecule has 0 atom stereocenters. The van der Waals surface area contributed by atoms with Gasteiger partial charge in [-0.3, -0.25) is 9.48 Å². The van der Waals surface area contributed by atoms with E-state index >= 15 is 0 Å². The van der Waals surface area contributed by atoms with Crippen LogP contribution in [0.3, 0.4) is 0 Å². The van der Waals surface area contributed by atoms with E-state index in [1.807, 2.05) is 31.3 Å². The van der Waals surface area contributed by atoms with Crippen LogP contribution in [0.5, 0.6) is 5.75 Å². The van der Waals surface area contributed by atoms with Gasteiger partial charge in [0.2, 0.25) is 0 Å². The number of carbonyl (C=O) groups excluding carboxylic acids is 1. The van der Waals surface area contributed by atoms with E-state index in [0.717, 1.165) is 37.4 Å². The third-order valence-electron chi connectivity index (χ3n) is 4.70. The predicted octanol–water partition coefficient (Wildman–Crippen LogP) is 2.67. The van der Waals surface area contributed by atoms with Gasteiger partial charge >= 0.3 is 0 Å². The number of aromatic nitrogens is 2. The summed E-state index contributed by atoms with van der Waals surface area (Å²) in [5.74, 6) is 1.75. The number of hydrogen-bond donors (Lipinski definition) is 2. The molecule has 1 spiro atoms. The van der Waals surface area contributed by atoms with Crippen molar-refractivity contribution in [3.8, 4) is 5.75 Å². The minimum absolute atomic E-state index is 0. The molecule has 6 nitrogen and oxygen atoms in total. The summed E-state index contributed by atoms with van der Waals surface area (Å²) in [7, 11) is 1.87. The van der Waals surface area contributed by atoms with E-state index in [2.05, 4.69) is 15.7 Å². The molecule has 2 N–H and O–H groups in total. The smallest absolute Gasteiger partial charge is 0.170 e. The second-order valence-corrected chi connectivity index (χ2v) is 6.31. The maximum absolute atomic E-state index is 12.6. The van der Waals surface area contributed by atoms with E-state index in [1.54, 1.807) is 10.9 Å². The lowest BCUT2D eigenvalue weighted by molar-refractivity contribution is 0.0188. The summed E-state index contributed by atoms with van der Waals surface area (Å²) < 4.78 is 7.99. The lowest BCUT2D eigenvalue weighted by Gasteiger charge is -2.40. The molecule has 1 fully saturated rings. The molecule has 2 aromatic rings. The van der Waals surface area contributed by atoms with Crippen molar-refractivity contribution in [3.05, 3.63) is 36.0 Å². The molecular formula is C17H21ClN4O2. The van der Waals surface area contributed by atoms with Crippen LogP contribution in [-0.2, 0) is 7.05 Å². The highest BCUT2D eigenvalue weighted by atomic mass is 35.5. The maximum atomic E-state index is 12.6. The number of piperidine rings is 1. The molecule has 2 aliphatic rings. The van der Waals surface area contributed by atoms with Gasteiger partial charge in [0.15, 0.2) is 5.78 Å². The van der Waals surface area contributed by atoms with Crippen LogP contribution in [0.2, 0.25) is 0 Å². The Hall–Kier alpha value is -2.05. The molecule has 3 heterocycles. The van der Waals surface area contributed by atoms with E-state index in [9.17, 15) is 4.79 Å². The summed E-state index contributed by atoms with van der Waals surface area (Å²) in [4.78, 5) is 12.6. The largest absolute Gasteiger partial charge is 0.486 e. The van der Waals surface area contributed by atoms with Crippen LogP contribution in [-0.4, -0.2) is 34.3 Å². The maximum Gasteiger partial charge on any atom is 0.170 e. The number of halogens is 1. The van der Waals surface area contributed by atoms with Gasteiger partial charge in [0, 0.05) is 31.6 Å². The second-order valence-electron chi connectivity index (χ2n) is 6.31. The zero-order valence-corrected chi connectivity index (χ0v) is 14.4. The van der Waals surface area contributed by atoms with Crippen LogP contribution in [0.4, 0.5) is 11.5 Å². The van der Waals surface area contributed by atoms with Crippen LogP contribution in [0.15, 0.2) is 30.5 Å². The first-order chi connectivity index (χ1) is 11.2. The monoisotopic (exact) mass is 348 g/mol. The third kappa shape index (κ3) is 2.99. The number of anilines is 2. The quantitative estimate of drug-likeness (QED) is 0.873. The zero-order valence-electron chi connectivity index (χ0n) is 13.5. The molecule has 0 radical (unpaired) electrons. The molecule has 0 unspecified atom stereocenters. The second kappa shape index (κ2) is 6.45. The molecule has 0 bridgehead atoms. The number of nitrogens with one attached hydrogen (secondary N) is 2. The summed E-state index contributed by atoms with van der Waals surface area (Å²) in [6.45, 7) is 1.81. The average Bonchev–Trinajstić information content (AvgIpc) is 2.94. The minimum atomic E-state index is -0.313. The van der Waals surface area contributed by atoms with Crippen molar-refractivity contribution in [1.29, 1.82) is 0 Å². The first kappa shape index (κ1) is 16.8. The van der Waals surface area contributed by atoms with Crippen molar-refractivity contribution in [1.82, 2.24) is 15.1 Å².